The van der Waals surface area contributed by atoms with Crippen molar-refractivity contribution in [3.8, 4) is 0 Å². The van der Waals surface area contributed by atoms with Crippen LogP contribution in [0.3, 0.4) is 0 Å². The van der Waals surface area contributed by atoms with E-state index in [-0.39, 0.29) is 0 Å². The predicted molar refractivity (Wildman–Crippen MR) is 50.5 cm³/mol. The summed E-state index contributed by atoms with van der Waals surface area (Å²) in [5.74, 6) is 0.310. The largest absolute Gasteiger partial charge is 0.338 e. The van der Waals surface area contributed by atoms with Crippen molar-refractivity contribution >= 4 is 5.91 Å². The van der Waals surface area contributed by atoms with Crippen LogP contribution in [0.15, 0.2) is 0 Å². The molecule has 4 heteroatoms. The Bertz CT molecular complexity index is 195. The number of hydrogen-bond donors (Lipinski definition) is 0. The molecule has 0 aliphatic carbocycles. The molecule has 2 rings (SSSR count). The lowest BCUT2D eigenvalue weighted by Gasteiger charge is -2.31. The fourth-order valence-corrected chi connectivity index (χ4v) is 1.60. The van der Waals surface area contributed by atoms with E-state index in [0.717, 1.165) is 39.3 Å². The summed E-state index contributed by atoms with van der Waals surface area (Å²) in [6, 6.07) is 0. The maximum atomic E-state index is 11.4. The minimum Gasteiger partial charge on any atom is -0.338 e. The molecule has 2 saturated heterocycles. The third-order valence-corrected chi connectivity index (χ3v) is 2.75. The number of likely N-dealkylation sites (N-methyl/N-ethyl adjacent to an activating group) is 1. The Hall–Kier alpha value is -0.610. The van der Waals surface area contributed by atoms with Crippen molar-refractivity contribution in [2.75, 3.05) is 52.9 Å². The van der Waals surface area contributed by atoms with Crippen LogP contribution >= 0.6 is 0 Å². The number of carbonyl (C=O) groups is 1. The first-order chi connectivity index (χ1) is 6.25. The highest BCUT2D eigenvalue weighted by Crippen LogP contribution is 2.06. The van der Waals surface area contributed by atoms with Crippen LogP contribution in [0.4, 0.5) is 0 Å². The number of carbonyl (C=O) groups excluding carboxylic acids is 1. The number of piperazine rings is 1. The molecule has 0 aromatic carbocycles. The quantitative estimate of drug-likeness (QED) is 0.518. The average molecular weight is 183 g/mol. The highest BCUT2D eigenvalue weighted by atomic mass is 16.2. The zero-order chi connectivity index (χ0) is 9.26. The molecule has 1 amide bonds. The van der Waals surface area contributed by atoms with Crippen molar-refractivity contribution in [2.45, 2.75) is 0 Å². The second-order valence-electron chi connectivity index (χ2n) is 3.96. The smallest absolute Gasteiger partial charge is 0.236 e. The minimum atomic E-state index is 0.310. The predicted octanol–water partition coefficient (Wildman–Crippen LogP) is -0.924. The van der Waals surface area contributed by atoms with Crippen molar-refractivity contribution in [3.63, 3.8) is 0 Å². The molecule has 0 radical (unpaired) electrons. The first-order valence-electron chi connectivity index (χ1n) is 4.94. The Morgan fingerprint density at radius 2 is 1.69 bits per heavy atom. The molecule has 0 saturated carbocycles. The fourth-order valence-electron chi connectivity index (χ4n) is 1.60. The van der Waals surface area contributed by atoms with E-state index in [9.17, 15) is 4.79 Å². The molecule has 2 aliphatic rings. The number of rotatable bonds is 2. The summed E-state index contributed by atoms with van der Waals surface area (Å²) >= 11 is 0. The van der Waals surface area contributed by atoms with Gasteiger partial charge in [-0.15, -0.1) is 0 Å². The van der Waals surface area contributed by atoms with Crippen LogP contribution in [0.2, 0.25) is 0 Å². The summed E-state index contributed by atoms with van der Waals surface area (Å²) in [6.07, 6.45) is 0. The average Bonchev–Trinajstić information content (AvgIpc) is 2.91. The van der Waals surface area contributed by atoms with Crippen LogP contribution in [0.25, 0.3) is 0 Å². The maximum absolute atomic E-state index is 11.4. The Labute approximate surface area is 79.1 Å². The normalized spacial score (nSPS) is 24.8. The maximum Gasteiger partial charge on any atom is 0.236 e. The van der Waals surface area contributed by atoms with Crippen LogP contribution in [-0.2, 0) is 4.79 Å². The van der Waals surface area contributed by atoms with Gasteiger partial charge in [-0.05, 0) is 7.05 Å². The van der Waals surface area contributed by atoms with E-state index in [1.165, 1.54) is 0 Å². The standard InChI is InChI=1S/C9H17N3O/c1-10-2-4-11(5-3-10)8-9(13)12-6-7-12/h2-8H2,1H3. The zero-order valence-corrected chi connectivity index (χ0v) is 8.20. The summed E-state index contributed by atoms with van der Waals surface area (Å²) in [5.41, 5.74) is 0. The topological polar surface area (TPSA) is 26.6 Å². The number of amides is 1. The van der Waals surface area contributed by atoms with Crippen molar-refractivity contribution in [1.82, 2.24) is 14.7 Å². The molecule has 4 nitrogen and oxygen atoms in total. The highest BCUT2D eigenvalue weighted by molar-refractivity contribution is 5.80. The van der Waals surface area contributed by atoms with Gasteiger partial charge in [-0.3, -0.25) is 9.69 Å². The van der Waals surface area contributed by atoms with Crippen molar-refractivity contribution in [2.24, 2.45) is 0 Å². The van der Waals surface area contributed by atoms with E-state index in [2.05, 4.69) is 16.8 Å². The third-order valence-electron chi connectivity index (χ3n) is 2.75. The van der Waals surface area contributed by atoms with Crippen LogP contribution in [0, 0.1) is 0 Å². The lowest BCUT2D eigenvalue weighted by Crippen LogP contribution is -2.47. The second kappa shape index (κ2) is 3.64. The van der Waals surface area contributed by atoms with Crippen LogP contribution in [-0.4, -0.2) is 73.5 Å². The number of hydrogen-bond acceptors (Lipinski definition) is 3. The molecule has 2 aliphatic heterocycles. The van der Waals surface area contributed by atoms with Crippen LogP contribution in [0.5, 0.6) is 0 Å². The number of nitrogens with zero attached hydrogens (tertiary/aromatic N) is 3. The summed E-state index contributed by atoms with van der Waals surface area (Å²) in [7, 11) is 2.13. The van der Waals surface area contributed by atoms with Crippen molar-refractivity contribution in [3.05, 3.63) is 0 Å². The molecule has 0 unspecified atom stereocenters. The van der Waals surface area contributed by atoms with Gasteiger partial charge >= 0.3 is 0 Å². The molecule has 0 spiro atoms. The lowest BCUT2D eigenvalue weighted by atomic mass is 10.3. The second-order valence-corrected chi connectivity index (χ2v) is 3.96. The molecular formula is C9H17N3O. The van der Waals surface area contributed by atoms with Crippen molar-refractivity contribution in [1.29, 1.82) is 0 Å². The molecule has 2 heterocycles. The molecule has 0 N–H and O–H groups in total. The van der Waals surface area contributed by atoms with Gasteiger partial charge in [-0.1, -0.05) is 0 Å². The first-order valence-corrected chi connectivity index (χ1v) is 4.94. The van der Waals surface area contributed by atoms with Gasteiger partial charge in [-0.25, -0.2) is 0 Å². The van der Waals surface area contributed by atoms with E-state index < -0.39 is 0 Å². The van der Waals surface area contributed by atoms with Crippen LogP contribution < -0.4 is 0 Å². The van der Waals surface area contributed by atoms with E-state index in [1.54, 1.807) is 0 Å². The SMILES string of the molecule is CN1CCN(CC(=O)N2CC2)CC1. The molecule has 0 atom stereocenters. The molecule has 0 bridgehead atoms. The van der Waals surface area contributed by atoms with Gasteiger partial charge in [0.2, 0.25) is 5.91 Å². The molecule has 74 valence electrons. The van der Waals surface area contributed by atoms with Gasteiger partial charge < -0.3 is 9.80 Å². The fraction of sp³-hybridized carbons (Fsp3) is 0.889. The van der Waals surface area contributed by atoms with Gasteiger partial charge in [0.05, 0.1) is 6.54 Å². The summed E-state index contributed by atoms with van der Waals surface area (Å²) in [5, 5.41) is 0. The third kappa shape index (κ3) is 2.42. The monoisotopic (exact) mass is 183 g/mol. The summed E-state index contributed by atoms with van der Waals surface area (Å²) in [6.45, 7) is 6.85. The Kier molecular flexibility index (Phi) is 2.51. The molecule has 2 fully saturated rings. The molecule has 13 heavy (non-hydrogen) atoms. The van der Waals surface area contributed by atoms with Gasteiger partial charge in [0, 0.05) is 39.3 Å². The first kappa shape index (κ1) is 8.97. The van der Waals surface area contributed by atoms with Gasteiger partial charge in [0.1, 0.15) is 0 Å². The van der Waals surface area contributed by atoms with Gasteiger partial charge in [-0.2, -0.15) is 0 Å². The van der Waals surface area contributed by atoms with E-state index >= 15 is 0 Å². The Balaban J connectivity index is 1.72. The molecular weight excluding hydrogens is 166 g/mol. The highest BCUT2D eigenvalue weighted by Gasteiger charge is 2.26. The van der Waals surface area contributed by atoms with Crippen molar-refractivity contribution < 1.29 is 4.79 Å². The van der Waals surface area contributed by atoms with Crippen LogP contribution in [0.1, 0.15) is 0 Å². The Morgan fingerprint density at radius 3 is 2.23 bits per heavy atom. The van der Waals surface area contributed by atoms with Gasteiger partial charge in [0.25, 0.3) is 0 Å². The molecule has 0 aromatic rings. The Morgan fingerprint density at radius 1 is 1.08 bits per heavy atom. The van der Waals surface area contributed by atoms with E-state index in [1.807, 2.05) is 4.90 Å². The minimum absolute atomic E-state index is 0.310. The van der Waals surface area contributed by atoms with E-state index in [0.29, 0.717) is 12.5 Å². The lowest BCUT2D eigenvalue weighted by molar-refractivity contribution is -0.127. The summed E-state index contributed by atoms with van der Waals surface area (Å²) < 4.78 is 0. The molecule has 0 aromatic heterocycles. The van der Waals surface area contributed by atoms with Gasteiger partial charge in [0.15, 0.2) is 0 Å². The zero-order valence-electron chi connectivity index (χ0n) is 8.20. The summed E-state index contributed by atoms with van der Waals surface area (Å²) in [4.78, 5) is 17.9. The van der Waals surface area contributed by atoms with E-state index in [4.69, 9.17) is 0 Å².